The van der Waals surface area contributed by atoms with Crippen molar-refractivity contribution in [3.8, 4) is 11.5 Å². The van der Waals surface area contributed by atoms with Crippen LogP contribution in [-0.2, 0) is 0 Å². The maximum absolute atomic E-state index is 11.9. The lowest BCUT2D eigenvalue weighted by molar-refractivity contribution is 0.0735. The van der Waals surface area contributed by atoms with Crippen LogP contribution in [0.5, 0.6) is 11.5 Å². The molecule has 0 saturated carbocycles. The summed E-state index contributed by atoms with van der Waals surface area (Å²) in [4.78, 5) is 23.0. The number of ketones is 1. The van der Waals surface area contributed by atoms with Crippen molar-refractivity contribution < 1.29 is 19.4 Å². The van der Waals surface area contributed by atoms with Gasteiger partial charge in [-0.05, 0) is 49.4 Å². The molecule has 0 aliphatic heterocycles. The van der Waals surface area contributed by atoms with E-state index in [-0.39, 0.29) is 22.1 Å². The Labute approximate surface area is 120 Å². The van der Waals surface area contributed by atoms with E-state index in [1.165, 1.54) is 37.3 Å². The molecule has 0 unspecified atom stereocenters. The molecule has 1 N–H and O–H groups in total. The molecule has 0 spiro atoms. The van der Waals surface area contributed by atoms with Gasteiger partial charge in [0.25, 0.3) is 0 Å². The Morgan fingerprint density at radius 2 is 1.75 bits per heavy atom. The van der Waals surface area contributed by atoms with Crippen LogP contribution in [0.25, 0.3) is 0 Å². The molecule has 4 nitrogen and oxygen atoms in total. The second-order valence-corrected chi connectivity index (χ2v) is 4.54. The molecule has 0 bridgehead atoms. The van der Waals surface area contributed by atoms with Gasteiger partial charge in [0.2, 0.25) is 0 Å². The van der Waals surface area contributed by atoms with E-state index >= 15 is 0 Å². The van der Waals surface area contributed by atoms with E-state index in [9.17, 15) is 14.7 Å². The van der Waals surface area contributed by atoms with Crippen LogP contribution >= 0.6 is 11.6 Å². The van der Waals surface area contributed by atoms with Gasteiger partial charge in [0.15, 0.2) is 5.78 Å². The Hall–Kier alpha value is -2.33. The number of phenols is 1. The van der Waals surface area contributed by atoms with E-state index in [2.05, 4.69) is 0 Å². The number of rotatable bonds is 3. The minimum Gasteiger partial charge on any atom is -0.508 e. The number of Topliss-reactive ketones (excluding diaryl/α,β-unsaturated/α-hetero) is 1. The monoisotopic (exact) mass is 290 g/mol. The van der Waals surface area contributed by atoms with Gasteiger partial charge in [-0.1, -0.05) is 11.6 Å². The van der Waals surface area contributed by atoms with Crippen LogP contribution in [-0.4, -0.2) is 16.9 Å². The molecular formula is C15H11ClO4. The molecule has 102 valence electrons. The zero-order chi connectivity index (χ0) is 14.7. The smallest absolute Gasteiger partial charge is 0.345 e. The van der Waals surface area contributed by atoms with Crippen LogP contribution in [0.15, 0.2) is 42.5 Å². The van der Waals surface area contributed by atoms with Crippen molar-refractivity contribution in [3.05, 3.63) is 58.6 Å². The van der Waals surface area contributed by atoms with Crippen LogP contribution in [0.3, 0.4) is 0 Å². The Morgan fingerprint density at radius 1 is 1.10 bits per heavy atom. The van der Waals surface area contributed by atoms with Crippen molar-refractivity contribution in [2.24, 2.45) is 0 Å². The van der Waals surface area contributed by atoms with Gasteiger partial charge in [-0.2, -0.15) is 0 Å². The normalized spacial score (nSPS) is 10.1. The highest BCUT2D eigenvalue weighted by molar-refractivity contribution is 6.33. The third-order valence-electron chi connectivity index (χ3n) is 2.64. The fourth-order valence-electron chi connectivity index (χ4n) is 1.59. The number of ether oxygens (including phenoxy) is 1. The minimum atomic E-state index is -0.634. The highest BCUT2D eigenvalue weighted by atomic mass is 35.5. The average molecular weight is 291 g/mol. The predicted molar refractivity (Wildman–Crippen MR) is 74.5 cm³/mol. The van der Waals surface area contributed by atoms with E-state index in [1.807, 2.05) is 0 Å². The molecule has 0 amide bonds. The number of hydrogen-bond donors (Lipinski definition) is 1. The first kappa shape index (κ1) is 14.1. The van der Waals surface area contributed by atoms with Gasteiger partial charge in [-0.3, -0.25) is 4.79 Å². The lowest BCUT2D eigenvalue weighted by Gasteiger charge is -2.06. The summed E-state index contributed by atoms with van der Waals surface area (Å²) in [6, 6.07) is 10.2. The van der Waals surface area contributed by atoms with E-state index in [4.69, 9.17) is 16.3 Å². The molecule has 20 heavy (non-hydrogen) atoms. The summed E-state index contributed by atoms with van der Waals surface area (Å²) in [5.74, 6) is -0.420. The lowest BCUT2D eigenvalue weighted by atomic mass is 10.1. The topological polar surface area (TPSA) is 63.6 Å². The first-order chi connectivity index (χ1) is 9.47. The molecule has 0 atom stereocenters. The maximum atomic E-state index is 11.9. The van der Waals surface area contributed by atoms with Crippen LogP contribution < -0.4 is 4.74 Å². The number of phenolic OH excluding ortho intramolecular Hbond substituents is 1. The molecule has 0 aliphatic carbocycles. The standard InChI is InChI=1S/C15H11ClO4/c1-9(17)10-2-5-12(6-3-10)20-15(19)13-7-4-11(18)8-14(13)16/h2-8,18H,1H3. The van der Waals surface area contributed by atoms with E-state index in [0.29, 0.717) is 11.3 Å². The number of carbonyl (C=O) groups excluding carboxylic acids is 2. The van der Waals surface area contributed by atoms with Crippen molar-refractivity contribution in [2.45, 2.75) is 6.92 Å². The average Bonchev–Trinajstić information content (AvgIpc) is 2.39. The Balaban J connectivity index is 2.17. The minimum absolute atomic E-state index is 0.0302. The molecule has 0 aromatic heterocycles. The predicted octanol–water partition coefficient (Wildman–Crippen LogP) is 3.47. The van der Waals surface area contributed by atoms with E-state index in [1.54, 1.807) is 12.1 Å². The number of carbonyl (C=O) groups is 2. The molecule has 2 rings (SSSR count). The van der Waals surface area contributed by atoms with Crippen LogP contribution in [0.4, 0.5) is 0 Å². The van der Waals surface area contributed by atoms with Gasteiger partial charge in [0, 0.05) is 5.56 Å². The molecular weight excluding hydrogens is 280 g/mol. The van der Waals surface area contributed by atoms with Crippen molar-refractivity contribution in [3.63, 3.8) is 0 Å². The number of hydrogen-bond acceptors (Lipinski definition) is 4. The molecule has 0 heterocycles. The summed E-state index contributed by atoms with van der Waals surface area (Å²) in [5, 5.41) is 9.33. The van der Waals surface area contributed by atoms with E-state index < -0.39 is 5.97 Å². The largest absolute Gasteiger partial charge is 0.508 e. The molecule has 0 saturated heterocycles. The summed E-state index contributed by atoms with van der Waals surface area (Å²) in [6.07, 6.45) is 0. The van der Waals surface area contributed by atoms with Gasteiger partial charge in [-0.25, -0.2) is 4.79 Å². The summed E-state index contributed by atoms with van der Waals surface area (Å²) in [5.41, 5.74) is 0.688. The van der Waals surface area contributed by atoms with Gasteiger partial charge >= 0.3 is 5.97 Å². The van der Waals surface area contributed by atoms with Gasteiger partial charge in [0.1, 0.15) is 11.5 Å². The maximum Gasteiger partial charge on any atom is 0.345 e. The number of aromatic hydroxyl groups is 1. The Morgan fingerprint density at radius 3 is 2.30 bits per heavy atom. The van der Waals surface area contributed by atoms with Crippen molar-refractivity contribution >= 4 is 23.4 Å². The summed E-state index contributed by atoms with van der Waals surface area (Å²) in [7, 11) is 0. The van der Waals surface area contributed by atoms with Gasteiger partial charge < -0.3 is 9.84 Å². The molecule has 0 fully saturated rings. The zero-order valence-corrected chi connectivity index (χ0v) is 11.3. The Kier molecular flexibility index (Phi) is 4.05. The number of halogens is 1. The van der Waals surface area contributed by atoms with Crippen molar-refractivity contribution in [1.29, 1.82) is 0 Å². The second kappa shape index (κ2) is 5.75. The van der Waals surface area contributed by atoms with Gasteiger partial charge in [-0.15, -0.1) is 0 Å². The zero-order valence-electron chi connectivity index (χ0n) is 10.6. The quantitative estimate of drug-likeness (QED) is 0.534. The van der Waals surface area contributed by atoms with Crippen LogP contribution in [0.1, 0.15) is 27.6 Å². The third kappa shape index (κ3) is 3.16. The van der Waals surface area contributed by atoms with Crippen LogP contribution in [0, 0.1) is 0 Å². The molecule has 0 radical (unpaired) electrons. The highest BCUT2D eigenvalue weighted by Crippen LogP contribution is 2.23. The summed E-state index contributed by atoms with van der Waals surface area (Å²) >= 11 is 5.85. The summed E-state index contributed by atoms with van der Waals surface area (Å²) in [6.45, 7) is 1.46. The molecule has 2 aromatic rings. The molecule has 2 aromatic carbocycles. The van der Waals surface area contributed by atoms with Crippen molar-refractivity contribution in [1.82, 2.24) is 0 Å². The molecule has 0 aliphatic rings. The van der Waals surface area contributed by atoms with E-state index in [0.717, 1.165) is 0 Å². The van der Waals surface area contributed by atoms with Crippen LogP contribution in [0.2, 0.25) is 5.02 Å². The first-order valence-corrected chi connectivity index (χ1v) is 6.17. The highest BCUT2D eigenvalue weighted by Gasteiger charge is 2.13. The fourth-order valence-corrected chi connectivity index (χ4v) is 1.84. The first-order valence-electron chi connectivity index (χ1n) is 5.79. The van der Waals surface area contributed by atoms with Gasteiger partial charge in [0.05, 0.1) is 10.6 Å². The number of benzene rings is 2. The van der Waals surface area contributed by atoms with Crippen molar-refractivity contribution in [2.75, 3.05) is 0 Å². The fraction of sp³-hybridized carbons (Fsp3) is 0.0667. The Bertz CT molecular complexity index is 662. The second-order valence-electron chi connectivity index (χ2n) is 4.13. The summed E-state index contributed by atoms with van der Waals surface area (Å²) < 4.78 is 5.14. The third-order valence-corrected chi connectivity index (χ3v) is 2.96. The lowest BCUT2D eigenvalue weighted by Crippen LogP contribution is -2.09. The molecule has 5 heteroatoms. The number of esters is 1. The SMILES string of the molecule is CC(=O)c1ccc(OC(=O)c2ccc(O)cc2Cl)cc1.